The highest BCUT2D eigenvalue weighted by Gasteiger charge is 2.14. The lowest BCUT2D eigenvalue weighted by Crippen LogP contribution is -2.12. The van der Waals surface area contributed by atoms with Gasteiger partial charge in [-0.15, -0.1) is 0 Å². The van der Waals surface area contributed by atoms with Gasteiger partial charge < -0.3 is 19.0 Å². The smallest absolute Gasteiger partial charge is 0.255 e. The lowest BCUT2D eigenvalue weighted by Gasteiger charge is -2.07. The first-order valence-corrected chi connectivity index (χ1v) is 8.91. The third-order valence-electron chi connectivity index (χ3n) is 4.50. The number of nitrogens with one attached hydrogen (secondary N) is 1. The zero-order chi connectivity index (χ0) is 19.7. The number of imidazole rings is 1. The second-order valence-corrected chi connectivity index (χ2v) is 6.62. The van der Waals surface area contributed by atoms with Crippen molar-refractivity contribution in [1.29, 1.82) is 0 Å². The normalized spacial score (nSPS) is 11.0. The summed E-state index contributed by atoms with van der Waals surface area (Å²) in [7, 11) is 0. The third kappa shape index (κ3) is 3.46. The van der Waals surface area contributed by atoms with Crippen molar-refractivity contribution in [3.05, 3.63) is 77.1 Å². The summed E-state index contributed by atoms with van der Waals surface area (Å²) in [5, 5.41) is 6.66. The highest BCUT2D eigenvalue weighted by atomic mass is 16.5. The van der Waals surface area contributed by atoms with Gasteiger partial charge in [0.05, 0.1) is 5.69 Å². The topological polar surface area (TPSA) is 81.7 Å². The zero-order valence-corrected chi connectivity index (χ0v) is 15.9. The number of fused-ring (bicyclic) bond motifs is 1. The van der Waals surface area contributed by atoms with E-state index in [0.29, 0.717) is 35.1 Å². The molecule has 1 amide bonds. The number of ether oxygens (including phenoxy) is 1. The van der Waals surface area contributed by atoms with Gasteiger partial charge in [-0.1, -0.05) is 11.2 Å². The summed E-state index contributed by atoms with van der Waals surface area (Å²) in [5.41, 5.74) is 4.65. The average Bonchev–Trinajstić information content (AvgIpc) is 3.26. The lowest BCUT2D eigenvalue weighted by molar-refractivity contribution is 0.102. The van der Waals surface area contributed by atoms with Crippen LogP contribution in [-0.2, 0) is 6.61 Å². The summed E-state index contributed by atoms with van der Waals surface area (Å²) < 4.78 is 12.9. The molecule has 7 nitrogen and oxygen atoms in total. The quantitative estimate of drug-likeness (QED) is 0.568. The number of anilines is 1. The van der Waals surface area contributed by atoms with Crippen molar-refractivity contribution in [3.63, 3.8) is 0 Å². The van der Waals surface area contributed by atoms with E-state index in [1.165, 1.54) is 0 Å². The molecule has 0 saturated carbocycles. The Kier molecular flexibility index (Phi) is 4.57. The summed E-state index contributed by atoms with van der Waals surface area (Å²) in [5.74, 6) is 1.02. The summed E-state index contributed by atoms with van der Waals surface area (Å²) in [6.45, 7) is 5.92. The first-order chi connectivity index (χ1) is 13.5. The minimum Gasteiger partial charge on any atom is -0.487 e. The van der Waals surface area contributed by atoms with Crippen LogP contribution in [0.1, 0.15) is 33.1 Å². The van der Waals surface area contributed by atoms with Gasteiger partial charge in [-0.05, 0) is 56.7 Å². The molecule has 1 aromatic carbocycles. The molecule has 28 heavy (non-hydrogen) atoms. The van der Waals surface area contributed by atoms with Gasteiger partial charge in [0.2, 0.25) is 0 Å². The number of nitrogens with zero attached hydrogens (tertiary/aromatic N) is 3. The second kappa shape index (κ2) is 7.19. The Morgan fingerprint density at radius 1 is 1.18 bits per heavy atom. The average molecular weight is 376 g/mol. The molecule has 7 heteroatoms. The Bertz CT molecular complexity index is 1120. The maximum absolute atomic E-state index is 12.4. The fourth-order valence-corrected chi connectivity index (χ4v) is 2.98. The minimum absolute atomic E-state index is 0.225. The number of rotatable bonds is 5. The molecule has 0 radical (unpaired) electrons. The number of aryl methyl sites for hydroxylation is 3. The molecule has 0 aliphatic rings. The predicted octanol–water partition coefficient (Wildman–Crippen LogP) is 4.08. The number of carbonyl (C=O) groups is 1. The van der Waals surface area contributed by atoms with E-state index in [1.54, 1.807) is 38.1 Å². The molecule has 0 saturated heterocycles. The molecule has 3 aromatic heterocycles. The monoisotopic (exact) mass is 376 g/mol. The number of pyridine rings is 1. The van der Waals surface area contributed by atoms with Gasteiger partial charge in [-0.25, -0.2) is 4.98 Å². The molecule has 0 atom stereocenters. The van der Waals surface area contributed by atoms with E-state index in [0.717, 1.165) is 16.9 Å². The number of hydrogen-bond acceptors (Lipinski definition) is 5. The standard InChI is InChI=1S/C21H20N4O3/c1-13-5-4-10-25-11-17(22-20(13)25)12-27-18-8-6-16(7-9-18)21(26)23-19-14(2)24-28-15(19)3/h4-11H,12H2,1-3H3,(H,23,26). The van der Waals surface area contributed by atoms with Crippen LogP contribution in [0.2, 0.25) is 0 Å². The van der Waals surface area contributed by atoms with Crippen molar-refractivity contribution in [3.8, 4) is 5.75 Å². The van der Waals surface area contributed by atoms with E-state index < -0.39 is 0 Å². The molecule has 0 aliphatic carbocycles. The van der Waals surface area contributed by atoms with E-state index in [1.807, 2.05) is 35.9 Å². The fourth-order valence-electron chi connectivity index (χ4n) is 2.98. The second-order valence-electron chi connectivity index (χ2n) is 6.62. The van der Waals surface area contributed by atoms with Gasteiger partial charge in [0.15, 0.2) is 5.76 Å². The molecule has 0 fully saturated rings. The Hall–Kier alpha value is -3.61. The van der Waals surface area contributed by atoms with Crippen LogP contribution in [0.25, 0.3) is 5.65 Å². The Labute approximate surface area is 161 Å². The Balaban J connectivity index is 1.41. The molecule has 3 heterocycles. The van der Waals surface area contributed by atoms with Crippen LogP contribution in [0.5, 0.6) is 5.75 Å². The van der Waals surface area contributed by atoms with E-state index in [4.69, 9.17) is 9.26 Å². The van der Waals surface area contributed by atoms with Gasteiger partial charge in [0.25, 0.3) is 5.91 Å². The molecule has 0 spiro atoms. The van der Waals surface area contributed by atoms with E-state index in [-0.39, 0.29) is 5.91 Å². The van der Waals surface area contributed by atoms with Crippen LogP contribution in [0.3, 0.4) is 0 Å². The number of aromatic nitrogens is 3. The van der Waals surface area contributed by atoms with Crippen molar-refractivity contribution in [1.82, 2.24) is 14.5 Å². The number of amides is 1. The zero-order valence-electron chi connectivity index (χ0n) is 15.9. The van der Waals surface area contributed by atoms with Gasteiger partial charge in [0.1, 0.15) is 29.4 Å². The summed E-state index contributed by atoms with van der Waals surface area (Å²) in [6, 6.07) is 11.0. The van der Waals surface area contributed by atoms with Crippen molar-refractivity contribution in [2.24, 2.45) is 0 Å². The van der Waals surface area contributed by atoms with Crippen molar-refractivity contribution < 1.29 is 14.1 Å². The largest absolute Gasteiger partial charge is 0.487 e. The van der Waals surface area contributed by atoms with Gasteiger partial charge in [0, 0.05) is 18.0 Å². The van der Waals surface area contributed by atoms with Crippen LogP contribution in [-0.4, -0.2) is 20.4 Å². The van der Waals surface area contributed by atoms with Crippen LogP contribution in [0.4, 0.5) is 5.69 Å². The molecule has 0 unspecified atom stereocenters. The molecule has 142 valence electrons. The van der Waals surface area contributed by atoms with Crippen molar-refractivity contribution in [2.75, 3.05) is 5.32 Å². The molecular formula is C21H20N4O3. The van der Waals surface area contributed by atoms with Crippen LogP contribution in [0.15, 0.2) is 53.3 Å². The Morgan fingerprint density at radius 3 is 2.64 bits per heavy atom. The maximum atomic E-state index is 12.4. The van der Waals surface area contributed by atoms with Crippen LogP contribution < -0.4 is 10.1 Å². The molecular weight excluding hydrogens is 356 g/mol. The first kappa shape index (κ1) is 17.8. The minimum atomic E-state index is -0.225. The summed E-state index contributed by atoms with van der Waals surface area (Å²) in [4.78, 5) is 17.0. The molecule has 0 bridgehead atoms. The number of carbonyl (C=O) groups excluding carboxylic acids is 1. The third-order valence-corrected chi connectivity index (χ3v) is 4.50. The van der Waals surface area contributed by atoms with Crippen molar-refractivity contribution >= 4 is 17.2 Å². The number of benzene rings is 1. The summed E-state index contributed by atoms with van der Waals surface area (Å²) >= 11 is 0. The molecule has 4 rings (SSSR count). The summed E-state index contributed by atoms with van der Waals surface area (Å²) in [6.07, 6.45) is 3.92. The van der Waals surface area contributed by atoms with Crippen molar-refractivity contribution in [2.45, 2.75) is 27.4 Å². The van der Waals surface area contributed by atoms with Gasteiger partial charge >= 0.3 is 0 Å². The van der Waals surface area contributed by atoms with Gasteiger partial charge in [-0.2, -0.15) is 0 Å². The molecule has 0 aliphatic heterocycles. The maximum Gasteiger partial charge on any atom is 0.255 e. The van der Waals surface area contributed by atoms with E-state index in [9.17, 15) is 4.79 Å². The van der Waals surface area contributed by atoms with Gasteiger partial charge in [-0.3, -0.25) is 4.79 Å². The predicted molar refractivity (Wildman–Crippen MR) is 105 cm³/mol. The molecule has 4 aromatic rings. The number of hydrogen-bond donors (Lipinski definition) is 1. The first-order valence-electron chi connectivity index (χ1n) is 8.91. The fraction of sp³-hybridized carbons (Fsp3) is 0.190. The van der Waals surface area contributed by atoms with E-state index in [2.05, 4.69) is 15.5 Å². The Morgan fingerprint density at radius 2 is 1.96 bits per heavy atom. The van der Waals surface area contributed by atoms with Crippen LogP contribution in [0, 0.1) is 20.8 Å². The van der Waals surface area contributed by atoms with Crippen LogP contribution >= 0.6 is 0 Å². The highest BCUT2D eigenvalue weighted by molar-refractivity contribution is 6.04. The van der Waals surface area contributed by atoms with E-state index >= 15 is 0 Å². The SMILES string of the molecule is Cc1noc(C)c1NC(=O)c1ccc(OCc2cn3cccc(C)c3n2)cc1. The lowest BCUT2D eigenvalue weighted by atomic mass is 10.2. The molecule has 1 N–H and O–H groups in total. The highest BCUT2D eigenvalue weighted by Crippen LogP contribution is 2.21.